The number of rotatable bonds is 3. The van der Waals surface area contributed by atoms with Crippen LogP contribution in [0.25, 0.3) is 10.8 Å². The SMILES string of the molecule is C[C@@H](c1ccc2ccccc2c1)N1CC(CO)CC1=O. The summed E-state index contributed by atoms with van der Waals surface area (Å²) in [5, 5.41) is 11.6. The molecule has 1 heterocycles. The van der Waals surface area contributed by atoms with E-state index in [9.17, 15) is 9.90 Å². The highest BCUT2D eigenvalue weighted by Crippen LogP contribution is 2.29. The molecule has 2 aromatic rings. The largest absolute Gasteiger partial charge is 0.396 e. The second-order valence-electron chi connectivity index (χ2n) is 5.58. The molecule has 2 atom stereocenters. The van der Waals surface area contributed by atoms with Gasteiger partial charge in [0.15, 0.2) is 0 Å². The van der Waals surface area contributed by atoms with Crippen molar-refractivity contribution in [3.05, 3.63) is 48.0 Å². The van der Waals surface area contributed by atoms with Crippen molar-refractivity contribution in [1.82, 2.24) is 4.90 Å². The summed E-state index contributed by atoms with van der Waals surface area (Å²) in [7, 11) is 0. The zero-order valence-electron chi connectivity index (χ0n) is 11.6. The molecule has 0 radical (unpaired) electrons. The van der Waals surface area contributed by atoms with Crippen LogP contribution in [0.3, 0.4) is 0 Å². The molecule has 0 saturated carbocycles. The van der Waals surface area contributed by atoms with E-state index in [0.717, 1.165) is 5.56 Å². The van der Waals surface area contributed by atoms with E-state index in [-0.39, 0.29) is 24.5 Å². The number of amides is 1. The van der Waals surface area contributed by atoms with Crippen molar-refractivity contribution in [2.45, 2.75) is 19.4 Å². The number of benzene rings is 2. The van der Waals surface area contributed by atoms with Gasteiger partial charge in [-0.25, -0.2) is 0 Å². The van der Waals surface area contributed by atoms with E-state index in [1.54, 1.807) is 0 Å². The van der Waals surface area contributed by atoms with Gasteiger partial charge >= 0.3 is 0 Å². The molecule has 20 heavy (non-hydrogen) atoms. The predicted molar refractivity (Wildman–Crippen MR) is 79.3 cm³/mol. The maximum absolute atomic E-state index is 12.0. The van der Waals surface area contributed by atoms with Crippen molar-refractivity contribution in [2.75, 3.05) is 13.2 Å². The lowest BCUT2D eigenvalue weighted by Gasteiger charge is -2.25. The Morgan fingerprint density at radius 1 is 1.25 bits per heavy atom. The fourth-order valence-electron chi connectivity index (χ4n) is 2.95. The monoisotopic (exact) mass is 269 g/mol. The Morgan fingerprint density at radius 2 is 2.00 bits per heavy atom. The number of hydrogen-bond acceptors (Lipinski definition) is 2. The van der Waals surface area contributed by atoms with Crippen LogP contribution in [-0.4, -0.2) is 29.1 Å². The zero-order chi connectivity index (χ0) is 14.1. The first-order valence-corrected chi connectivity index (χ1v) is 7.08. The molecule has 1 aliphatic heterocycles. The van der Waals surface area contributed by atoms with Crippen molar-refractivity contribution in [3.8, 4) is 0 Å². The minimum atomic E-state index is 0.0589. The van der Waals surface area contributed by atoms with Crippen LogP contribution >= 0.6 is 0 Å². The van der Waals surface area contributed by atoms with Crippen molar-refractivity contribution < 1.29 is 9.90 Å². The van der Waals surface area contributed by atoms with Gasteiger partial charge in [0, 0.05) is 25.5 Å². The molecule has 0 aromatic heterocycles. The van der Waals surface area contributed by atoms with Gasteiger partial charge in [0.25, 0.3) is 0 Å². The van der Waals surface area contributed by atoms with E-state index in [1.807, 2.05) is 17.0 Å². The maximum Gasteiger partial charge on any atom is 0.223 e. The third-order valence-electron chi connectivity index (χ3n) is 4.22. The molecule has 3 nitrogen and oxygen atoms in total. The average Bonchev–Trinajstić information content (AvgIpc) is 2.87. The maximum atomic E-state index is 12.0. The van der Waals surface area contributed by atoms with E-state index < -0.39 is 0 Å². The molecule has 1 fully saturated rings. The van der Waals surface area contributed by atoms with Gasteiger partial charge in [-0.3, -0.25) is 4.79 Å². The second-order valence-corrected chi connectivity index (χ2v) is 5.58. The lowest BCUT2D eigenvalue weighted by Crippen LogP contribution is -2.28. The van der Waals surface area contributed by atoms with Crippen LogP contribution < -0.4 is 0 Å². The van der Waals surface area contributed by atoms with Crippen LogP contribution in [0.5, 0.6) is 0 Å². The summed E-state index contributed by atoms with van der Waals surface area (Å²) < 4.78 is 0. The lowest BCUT2D eigenvalue weighted by molar-refractivity contribution is -0.129. The van der Waals surface area contributed by atoms with E-state index in [2.05, 4.69) is 37.3 Å². The van der Waals surface area contributed by atoms with Crippen LogP contribution in [0.15, 0.2) is 42.5 Å². The first kappa shape index (κ1) is 13.1. The van der Waals surface area contributed by atoms with Gasteiger partial charge in [0.05, 0.1) is 6.04 Å². The van der Waals surface area contributed by atoms with Crippen LogP contribution in [0.2, 0.25) is 0 Å². The van der Waals surface area contributed by atoms with E-state index in [4.69, 9.17) is 0 Å². The normalized spacial score (nSPS) is 20.6. The molecule has 2 aromatic carbocycles. The van der Waals surface area contributed by atoms with Gasteiger partial charge in [-0.15, -0.1) is 0 Å². The summed E-state index contributed by atoms with van der Waals surface area (Å²) in [5.74, 6) is 0.232. The number of aliphatic hydroxyl groups is 1. The molecule has 0 bridgehead atoms. The van der Waals surface area contributed by atoms with Gasteiger partial charge in [-0.2, -0.15) is 0 Å². The van der Waals surface area contributed by atoms with Crippen molar-refractivity contribution in [1.29, 1.82) is 0 Å². The highest BCUT2D eigenvalue weighted by atomic mass is 16.3. The van der Waals surface area contributed by atoms with Crippen LogP contribution in [0, 0.1) is 5.92 Å². The molecule has 0 spiro atoms. The molecule has 1 amide bonds. The van der Waals surface area contributed by atoms with Gasteiger partial charge in [0.1, 0.15) is 0 Å². The predicted octanol–water partition coefficient (Wildman–Crippen LogP) is 2.74. The molecule has 104 valence electrons. The third-order valence-corrected chi connectivity index (χ3v) is 4.22. The van der Waals surface area contributed by atoms with Gasteiger partial charge in [0.2, 0.25) is 5.91 Å². The van der Waals surface area contributed by atoms with Gasteiger partial charge in [-0.05, 0) is 29.3 Å². The molecule has 3 heteroatoms. The summed E-state index contributed by atoms with van der Waals surface area (Å²) in [6.45, 7) is 2.80. The molecule has 0 aliphatic carbocycles. The van der Waals surface area contributed by atoms with Crippen molar-refractivity contribution >= 4 is 16.7 Å². The van der Waals surface area contributed by atoms with Crippen molar-refractivity contribution in [3.63, 3.8) is 0 Å². The lowest BCUT2D eigenvalue weighted by atomic mass is 10.0. The highest BCUT2D eigenvalue weighted by Gasteiger charge is 2.32. The average molecular weight is 269 g/mol. The summed E-state index contributed by atoms with van der Waals surface area (Å²) in [4.78, 5) is 13.9. The van der Waals surface area contributed by atoms with Gasteiger partial charge < -0.3 is 10.0 Å². The smallest absolute Gasteiger partial charge is 0.223 e. The Balaban J connectivity index is 1.88. The molecule has 3 rings (SSSR count). The Labute approximate surface area is 118 Å². The Hall–Kier alpha value is -1.87. The highest BCUT2D eigenvalue weighted by molar-refractivity contribution is 5.83. The Bertz CT molecular complexity index is 638. The first-order chi connectivity index (χ1) is 9.69. The van der Waals surface area contributed by atoms with Crippen LogP contribution in [0.1, 0.15) is 24.9 Å². The number of likely N-dealkylation sites (tertiary alicyclic amines) is 1. The van der Waals surface area contributed by atoms with Crippen LogP contribution in [0.4, 0.5) is 0 Å². The van der Waals surface area contributed by atoms with Crippen molar-refractivity contribution in [2.24, 2.45) is 5.92 Å². The second kappa shape index (κ2) is 5.25. The number of nitrogens with zero attached hydrogens (tertiary/aromatic N) is 1. The molecule has 1 saturated heterocycles. The number of aliphatic hydroxyl groups excluding tert-OH is 1. The zero-order valence-corrected chi connectivity index (χ0v) is 11.6. The summed E-state index contributed by atoms with van der Waals surface area (Å²) >= 11 is 0. The molecular formula is C17H19NO2. The molecule has 1 aliphatic rings. The first-order valence-electron chi connectivity index (χ1n) is 7.08. The van der Waals surface area contributed by atoms with E-state index >= 15 is 0 Å². The van der Waals surface area contributed by atoms with E-state index in [0.29, 0.717) is 13.0 Å². The molecule has 1 unspecified atom stereocenters. The summed E-state index contributed by atoms with van der Waals surface area (Å²) in [5.41, 5.74) is 1.15. The Kier molecular flexibility index (Phi) is 3.45. The third kappa shape index (κ3) is 2.29. The minimum Gasteiger partial charge on any atom is -0.396 e. The fourth-order valence-corrected chi connectivity index (χ4v) is 2.95. The number of carbonyl (C=O) groups is 1. The standard InChI is InChI=1S/C17H19NO2/c1-12(18-10-13(11-19)8-17(18)20)15-7-6-14-4-2-3-5-16(14)9-15/h2-7,9,12-13,19H,8,10-11H2,1H3/t12-,13?/m0/s1. The summed E-state index contributed by atoms with van der Waals surface area (Å²) in [6.07, 6.45) is 0.467. The number of carbonyl (C=O) groups excluding carboxylic acids is 1. The molecular weight excluding hydrogens is 250 g/mol. The minimum absolute atomic E-state index is 0.0589. The summed E-state index contributed by atoms with van der Waals surface area (Å²) in [6, 6.07) is 14.6. The van der Waals surface area contributed by atoms with E-state index in [1.165, 1.54) is 10.8 Å². The topological polar surface area (TPSA) is 40.5 Å². The molecule has 1 N–H and O–H groups in total. The van der Waals surface area contributed by atoms with Gasteiger partial charge in [-0.1, -0.05) is 36.4 Å². The number of fused-ring (bicyclic) bond motifs is 1. The fraction of sp³-hybridized carbons (Fsp3) is 0.353. The quantitative estimate of drug-likeness (QED) is 0.930. The Morgan fingerprint density at radius 3 is 2.70 bits per heavy atom. The number of hydrogen-bond donors (Lipinski definition) is 1. The van der Waals surface area contributed by atoms with Crippen LogP contribution in [-0.2, 0) is 4.79 Å².